The first-order valence-corrected chi connectivity index (χ1v) is 4.44. The predicted molar refractivity (Wildman–Crippen MR) is 42.9 cm³/mol. The van der Waals surface area contributed by atoms with E-state index in [0.29, 0.717) is 12.8 Å². The first-order chi connectivity index (χ1) is 6.21. The minimum atomic E-state index is -4.14. The van der Waals surface area contributed by atoms with Gasteiger partial charge in [-0.05, 0) is 12.8 Å². The Labute approximate surface area is 79.5 Å². The van der Waals surface area contributed by atoms with Crippen LogP contribution < -0.4 is 5.73 Å². The summed E-state index contributed by atoms with van der Waals surface area (Å²) in [7, 11) is 0. The van der Waals surface area contributed by atoms with Crippen LogP contribution >= 0.6 is 0 Å². The predicted octanol–water partition coefficient (Wildman–Crippen LogP) is 3.44. The highest BCUT2D eigenvalue weighted by atomic mass is 19.4. The van der Waals surface area contributed by atoms with E-state index >= 15 is 0 Å². The Balaban J connectivity index is 3.23. The summed E-state index contributed by atoms with van der Waals surface area (Å²) in [6.07, 6.45) is -4.59. The molecule has 0 aliphatic carbocycles. The standard InChI is InChI=1S/C8H14F5N/c9-7(10,11)5-3-1-2-4-6-8(12,13)14/h1-6,14H2. The zero-order valence-electron chi connectivity index (χ0n) is 7.71. The normalized spacial score (nSPS) is 13.3. The van der Waals surface area contributed by atoms with E-state index in [9.17, 15) is 22.0 Å². The lowest BCUT2D eigenvalue weighted by molar-refractivity contribution is -0.135. The molecule has 0 aromatic heterocycles. The van der Waals surface area contributed by atoms with Gasteiger partial charge in [-0.3, -0.25) is 5.73 Å². The van der Waals surface area contributed by atoms with Crippen molar-refractivity contribution in [1.29, 1.82) is 0 Å². The fourth-order valence-electron chi connectivity index (χ4n) is 1.04. The van der Waals surface area contributed by atoms with Gasteiger partial charge in [0.1, 0.15) is 0 Å². The minimum absolute atomic E-state index is 0.000354. The van der Waals surface area contributed by atoms with Crippen LogP contribution in [0.5, 0.6) is 0 Å². The Kier molecular flexibility index (Phi) is 5.33. The van der Waals surface area contributed by atoms with Crippen molar-refractivity contribution in [2.45, 2.75) is 50.7 Å². The average molecular weight is 219 g/mol. The summed E-state index contributed by atoms with van der Waals surface area (Å²) in [5, 5.41) is 0. The molecule has 0 saturated carbocycles. The van der Waals surface area contributed by atoms with Crippen molar-refractivity contribution in [3.63, 3.8) is 0 Å². The van der Waals surface area contributed by atoms with Crippen molar-refractivity contribution in [3.05, 3.63) is 0 Å². The molecule has 0 unspecified atom stereocenters. The number of hydrogen-bond donors (Lipinski definition) is 1. The number of rotatable bonds is 6. The van der Waals surface area contributed by atoms with Crippen LogP contribution in [0.25, 0.3) is 0 Å². The summed E-state index contributed by atoms with van der Waals surface area (Å²) >= 11 is 0. The van der Waals surface area contributed by atoms with Crippen LogP contribution in [0, 0.1) is 0 Å². The molecule has 0 aliphatic heterocycles. The van der Waals surface area contributed by atoms with Crippen LogP contribution in [-0.4, -0.2) is 12.2 Å². The second-order valence-corrected chi connectivity index (χ2v) is 3.29. The van der Waals surface area contributed by atoms with Crippen LogP contribution in [0.1, 0.15) is 38.5 Å². The van der Waals surface area contributed by atoms with E-state index in [1.165, 1.54) is 0 Å². The molecule has 0 heterocycles. The van der Waals surface area contributed by atoms with Gasteiger partial charge in [0.25, 0.3) is 6.05 Å². The molecule has 0 fully saturated rings. The zero-order valence-corrected chi connectivity index (χ0v) is 7.71. The highest BCUT2D eigenvalue weighted by Crippen LogP contribution is 2.23. The van der Waals surface area contributed by atoms with E-state index in [-0.39, 0.29) is 12.8 Å². The van der Waals surface area contributed by atoms with Crippen molar-refractivity contribution >= 4 is 0 Å². The molecule has 1 nitrogen and oxygen atoms in total. The third-order valence-corrected chi connectivity index (χ3v) is 1.72. The summed E-state index contributed by atoms with van der Waals surface area (Å²) < 4.78 is 58.9. The molecule has 14 heavy (non-hydrogen) atoms. The summed E-state index contributed by atoms with van der Waals surface area (Å²) in [4.78, 5) is 0. The number of halogens is 5. The number of unbranched alkanes of at least 4 members (excludes halogenated alkanes) is 3. The third-order valence-electron chi connectivity index (χ3n) is 1.72. The van der Waals surface area contributed by atoms with E-state index < -0.39 is 25.1 Å². The van der Waals surface area contributed by atoms with Crippen molar-refractivity contribution in [2.24, 2.45) is 5.73 Å². The van der Waals surface area contributed by atoms with E-state index in [1.807, 2.05) is 0 Å². The second kappa shape index (κ2) is 5.48. The molecule has 0 aliphatic rings. The fourth-order valence-corrected chi connectivity index (χ4v) is 1.04. The lowest BCUT2D eigenvalue weighted by Gasteiger charge is -2.09. The first-order valence-electron chi connectivity index (χ1n) is 4.44. The second-order valence-electron chi connectivity index (χ2n) is 3.29. The van der Waals surface area contributed by atoms with Gasteiger partial charge in [-0.2, -0.15) is 22.0 Å². The van der Waals surface area contributed by atoms with E-state index in [2.05, 4.69) is 5.73 Å². The molecular formula is C8H14F5N. The largest absolute Gasteiger partial charge is 0.389 e. The average Bonchev–Trinajstić information content (AvgIpc) is 1.92. The maximum absolute atomic E-state index is 12.0. The fraction of sp³-hybridized carbons (Fsp3) is 1.00. The summed E-state index contributed by atoms with van der Waals surface area (Å²) in [5.41, 5.74) is 4.41. The van der Waals surface area contributed by atoms with Gasteiger partial charge in [0.05, 0.1) is 0 Å². The van der Waals surface area contributed by atoms with Crippen molar-refractivity contribution in [1.82, 2.24) is 0 Å². The van der Waals surface area contributed by atoms with Gasteiger partial charge in [0.2, 0.25) is 0 Å². The summed E-state index contributed by atoms with van der Waals surface area (Å²) in [6.45, 7) is 0. The molecule has 0 bridgehead atoms. The van der Waals surface area contributed by atoms with Gasteiger partial charge < -0.3 is 0 Å². The van der Waals surface area contributed by atoms with Crippen LogP contribution in [-0.2, 0) is 0 Å². The molecular weight excluding hydrogens is 205 g/mol. The zero-order chi connectivity index (χ0) is 11.2. The molecule has 0 spiro atoms. The Morgan fingerprint density at radius 2 is 1.14 bits per heavy atom. The molecule has 0 atom stereocenters. The van der Waals surface area contributed by atoms with E-state index in [0.717, 1.165) is 0 Å². The number of nitrogens with two attached hydrogens (primary N) is 1. The Bertz CT molecular complexity index is 131. The Hall–Kier alpha value is -0.390. The molecule has 0 saturated heterocycles. The highest BCUT2D eigenvalue weighted by molar-refractivity contribution is 4.57. The Morgan fingerprint density at radius 3 is 1.50 bits per heavy atom. The van der Waals surface area contributed by atoms with E-state index in [1.54, 1.807) is 0 Å². The van der Waals surface area contributed by atoms with E-state index in [4.69, 9.17) is 0 Å². The highest BCUT2D eigenvalue weighted by Gasteiger charge is 2.26. The van der Waals surface area contributed by atoms with Gasteiger partial charge in [-0.15, -0.1) is 0 Å². The molecule has 6 heteroatoms. The molecule has 0 radical (unpaired) electrons. The van der Waals surface area contributed by atoms with Crippen molar-refractivity contribution in [2.75, 3.05) is 0 Å². The molecule has 0 aromatic rings. The van der Waals surface area contributed by atoms with Crippen molar-refractivity contribution < 1.29 is 22.0 Å². The van der Waals surface area contributed by atoms with Crippen LogP contribution in [0.4, 0.5) is 22.0 Å². The topological polar surface area (TPSA) is 26.0 Å². The molecule has 0 rings (SSSR count). The monoisotopic (exact) mass is 219 g/mol. The Morgan fingerprint density at radius 1 is 0.714 bits per heavy atom. The van der Waals surface area contributed by atoms with Gasteiger partial charge >= 0.3 is 6.18 Å². The maximum Gasteiger partial charge on any atom is 0.389 e. The molecule has 86 valence electrons. The maximum atomic E-state index is 12.0. The molecule has 0 amide bonds. The first kappa shape index (κ1) is 13.6. The lowest BCUT2D eigenvalue weighted by atomic mass is 10.1. The van der Waals surface area contributed by atoms with Crippen LogP contribution in [0.2, 0.25) is 0 Å². The number of alkyl halides is 5. The quantitative estimate of drug-likeness (QED) is 0.413. The molecule has 0 aromatic carbocycles. The van der Waals surface area contributed by atoms with Crippen molar-refractivity contribution in [3.8, 4) is 0 Å². The lowest BCUT2D eigenvalue weighted by Crippen LogP contribution is -2.27. The summed E-state index contributed by atoms with van der Waals surface area (Å²) in [5.74, 6) is 0. The minimum Gasteiger partial charge on any atom is -0.272 e. The van der Waals surface area contributed by atoms with Gasteiger partial charge in [-0.25, -0.2) is 0 Å². The van der Waals surface area contributed by atoms with Gasteiger partial charge in [-0.1, -0.05) is 12.8 Å². The number of hydrogen-bond acceptors (Lipinski definition) is 1. The third kappa shape index (κ3) is 11.6. The van der Waals surface area contributed by atoms with Crippen LogP contribution in [0.15, 0.2) is 0 Å². The van der Waals surface area contributed by atoms with Crippen LogP contribution in [0.3, 0.4) is 0 Å². The van der Waals surface area contributed by atoms with Gasteiger partial charge in [0, 0.05) is 12.8 Å². The SMILES string of the molecule is NC(F)(F)CCCCCCC(F)(F)F. The smallest absolute Gasteiger partial charge is 0.272 e. The molecule has 2 N–H and O–H groups in total. The van der Waals surface area contributed by atoms with Gasteiger partial charge in [0.15, 0.2) is 0 Å². The summed E-state index contributed by atoms with van der Waals surface area (Å²) in [6, 6.07) is -3.19.